The minimum Gasteiger partial charge on any atom is -0.390 e. The molecule has 1 saturated heterocycles. The van der Waals surface area contributed by atoms with Gasteiger partial charge in [-0.15, -0.1) is 4.52 Å². The molecule has 3 N–H and O–H groups in total. The van der Waals surface area contributed by atoms with Gasteiger partial charge in [0.15, 0.2) is 5.82 Å². The lowest BCUT2D eigenvalue weighted by molar-refractivity contribution is -0.133. The fraction of sp³-hybridized carbons (Fsp3) is 0.567. The first-order valence-electron chi connectivity index (χ1n) is 14.7. The van der Waals surface area contributed by atoms with Crippen molar-refractivity contribution in [2.24, 2.45) is 11.8 Å². The molecule has 5 fully saturated rings. The van der Waals surface area contributed by atoms with Gasteiger partial charge in [-0.3, -0.25) is 4.79 Å². The highest BCUT2D eigenvalue weighted by Crippen LogP contribution is 2.58. The third kappa shape index (κ3) is 4.54. The number of nitrogens with zero attached hydrogens (tertiary/aromatic N) is 7. The fourth-order valence-electron chi connectivity index (χ4n) is 8.76. The molecule has 4 heterocycles. The zero-order valence-electron chi connectivity index (χ0n) is 23.8. The average molecular weight is 556 g/mol. The van der Waals surface area contributed by atoms with E-state index in [9.17, 15) is 9.90 Å². The van der Waals surface area contributed by atoms with Gasteiger partial charge in [0.05, 0.1) is 11.8 Å². The third-order valence-corrected chi connectivity index (χ3v) is 9.59. The molecule has 11 heteroatoms. The second kappa shape index (κ2) is 9.31. The molecular formula is C30H37N9O2. The number of hydrogen-bond donors (Lipinski definition) is 3. The molecule has 1 amide bonds. The second-order valence-corrected chi connectivity index (χ2v) is 13.0. The van der Waals surface area contributed by atoms with Crippen LogP contribution >= 0.6 is 0 Å². The number of nitrogens with one attached hydrogen (secondary N) is 2. The summed E-state index contributed by atoms with van der Waals surface area (Å²) in [5, 5.41) is 23.2. The van der Waals surface area contributed by atoms with E-state index in [0.29, 0.717) is 53.7 Å². The van der Waals surface area contributed by atoms with Gasteiger partial charge in [-0.1, -0.05) is 17.7 Å². The van der Waals surface area contributed by atoms with Crippen LogP contribution < -0.4 is 15.5 Å². The molecule has 4 atom stereocenters. The number of pyridine rings is 1. The Morgan fingerprint density at radius 2 is 1.85 bits per heavy atom. The van der Waals surface area contributed by atoms with Crippen LogP contribution in [0, 0.1) is 18.4 Å². The Labute approximate surface area is 239 Å². The first-order chi connectivity index (χ1) is 19.6. The maximum absolute atomic E-state index is 12.1. The number of carbonyl (C=O) groups excluding carboxylic acids is 1. The van der Waals surface area contributed by atoms with Gasteiger partial charge in [-0.2, -0.15) is 0 Å². The summed E-state index contributed by atoms with van der Waals surface area (Å²) in [5.41, 5.74) is 0.473. The largest absolute Gasteiger partial charge is 0.390 e. The highest BCUT2D eigenvalue weighted by molar-refractivity contribution is 5.77. The molecule has 2 unspecified atom stereocenters. The predicted molar refractivity (Wildman–Crippen MR) is 156 cm³/mol. The van der Waals surface area contributed by atoms with E-state index >= 15 is 0 Å². The first-order valence-corrected chi connectivity index (χ1v) is 14.7. The van der Waals surface area contributed by atoms with Crippen LogP contribution in [0.25, 0.3) is 10.5 Å². The summed E-state index contributed by atoms with van der Waals surface area (Å²) >= 11 is 0. The van der Waals surface area contributed by atoms with Gasteiger partial charge in [0.2, 0.25) is 5.91 Å². The molecule has 1 aliphatic heterocycles. The molecule has 4 bridgehead atoms. The smallest absolute Gasteiger partial charge is 0.275 e. The van der Waals surface area contributed by atoms with E-state index < -0.39 is 5.60 Å². The Morgan fingerprint density at radius 1 is 1.12 bits per heavy atom. The zero-order valence-corrected chi connectivity index (χ0v) is 23.8. The van der Waals surface area contributed by atoms with Crippen LogP contribution in [0.15, 0.2) is 30.5 Å². The standard InChI is InChI=1S/C30H37N9O2/c1-18-15-37(16-19(2)38(18)20(3)40)26-7-5-6-24(34-26)33-23-9-25(36-39-27(31-4)14-32-28(23)39)35-29-10-21-8-22(11-29)13-30(41,12-21)17-29/h5-7,9,14,18-19,21-22,41H,8,10-13,15-17H2,1-3H3,(H,33,34)(H,35,36)/t18-,19+,21?,22?,29?,30?. The number of rotatable bonds is 5. The van der Waals surface area contributed by atoms with Crippen molar-refractivity contribution in [1.82, 2.24) is 24.5 Å². The molecule has 0 spiro atoms. The van der Waals surface area contributed by atoms with Crippen LogP contribution in [-0.4, -0.2) is 71.8 Å². The van der Waals surface area contributed by atoms with E-state index in [4.69, 9.17) is 16.7 Å². The molecule has 8 rings (SSSR count). The van der Waals surface area contributed by atoms with Crippen molar-refractivity contribution in [3.8, 4) is 0 Å². The van der Waals surface area contributed by atoms with Crippen molar-refractivity contribution in [3.05, 3.63) is 41.9 Å². The van der Waals surface area contributed by atoms with Crippen molar-refractivity contribution >= 4 is 40.5 Å². The number of piperazine rings is 1. The molecule has 4 saturated carbocycles. The van der Waals surface area contributed by atoms with Crippen LogP contribution in [0.2, 0.25) is 0 Å². The molecular weight excluding hydrogens is 518 g/mol. The molecule has 3 aromatic heterocycles. The minimum absolute atomic E-state index is 0.0859. The highest BCUT2D eigenvalue weighted by Gasteiger charge is 2.57. The lowest BCUT2D eigenvalue weighted by atomic mass is 9.51. The van der Waals surface area contributed by atoms with E-state index in [0.717, 1.165) is 37.9 Å². The number of aromatic nitrogens is 4. The fourth-order valence-corrected chi connectivity index (χ4v) is 8.76. The summed E-state index contributed by atoms with van der Waals surface area (Å²) in [6.45, 7) is 14.8. The average Bonchev–Trinajstić information content (AvgIpc) is 3.30. The summed E-state index contributed by atoms with van der Waals surface area (Å²) in [6, 6.07) is 8.00. The van der Waals surface area contributed by atoms with E-state index in [-0.39, 0.29) is 23.5 Å². The Hall–Kier alpha value is -3.91. The summed E-state index contributed by atoms with van der Waals surface area (Å²) in [4.78, 5) is 29.4. The zero-order chi connectivity index (χ0) is 28.5. The number of imidazole rings is 1. The Bertz CT molecular complexity index is 1540. The topological polar surface area (TPSA) is 115 Å². The van der Waals surface area contributed by atoms with Gasteiger partial charge in [-0.25, -0.2) is 9.97 Å². The van der Waals surface area contributed by atoms with Gasteiger partial charge < -0.3 is 30.4 Å². The van der Waals surface area contributed by atoms with Crippen LogP contribution in [0.5, 0.6) is 0 Å². The SMILES string of the molecule is [C-]#[N+]c1cnc2c(Nc3cccc(N4C[C@@H](C)N(C(C)=O)[C@@H](C)C4)n3)cc(NC34CC5CC(CC(O)(C5)C3)C4)nn12. The molecule has 4 aliphatic carbocycles. The molecule has 41 heavy (non-hydrogen) atoms. The lowest BCUT2D eigenvalue weighted by Crippen LogP contribution is -2.62. The molecule has 3 aromatic rings. The van der Waals surface area contributed by atoms with Gasteiger partial charge >= 0.3 is 0 Å². The Kier molecular flexibility index (Phi) is 5.91. The van der Waals surface area contributed by atoms with E-state index in [1.54, 1.807) is 17.6 Å². The van der Waals surface area contributed by atoms with Crippen molar-refractivity contribution in [2.75, 3.05) is 28.6 Å². The lowest BCUT2D eigenvalue weighted by Gasteiger charge is -2.60. The monoisotopic (exact) mass is 555 g/mol. The molecule has 0 aromatic carbocycles. The van der Waals surface area contributed by atoms with E-state index in [1.165, 1.54) is 6.42 Å². The van der Waals surface area contributed by atoms with Crippen LogP contribution in [0.1, 0.15) is 59.3 Å². The maximum atomic E-state index is 12.1. The number of hydrogen-bond acceptors (Lipinski definition) is 8. The van der Waals surface area contributed by atoms with Crippen LogP contribution in [-0.2, 0) is 4.79 Å². The van der Waals surface area contributed by atoms with Gasteiger partial charge in [-0.05, 0) is 76.3 Å². The van der Waals surface area contributed by atoms with Crippen molar-refractivity contribution in [2.45, 2.75) is 82.5 Å². The van der Waals surface area contributed by atoms with Gasteiger partial charge in [0.1, 0.15) is 17.3 Å². The minimum atomic E-state index is -0.589. The quantitative estimate of drug-likeness (QED) is 0.398. The van der Waals surface area contributed by atoms with Gasteiger partial charge in [0, 0.05) is 43.7 Å². The Morgan fingerprint density at radius 3 is 2.51 bits per heavy atom. The molecule has 0 radical (unpaired) electrons. The first kappa shape index (κ1) is 26.0. The van der Waals surface area contributed by atoms with Crippen molar-refractivity contribution < 1.29 is 9.90 Å². The summed E-state index contributed by atoms with van der Waals surface area (Å²) in [5.74, 6) is 3.67. The van der Waals surface area contributed by atoms with Gasteiger partial charge in [0.25, 0.3) is 11.5 Å². The van der Waals surface area contributed by atoms with Crippen molar-refractivity contribution in [3.63, 3.8) is 0 Å². The third-order valence-electron chi connectivity index (χ3n) is 9.59. The molecule has 214 valence electrons. The summed E-state index contributed by atoms with van der Waals surface area (Å²) in [6.07, 6.45) is 7.34. The Balaban J connectivity index is 1.19. The number of fused-ring (bicyclic) bond motifs is 1. The highest BCUT2D eigenvalue weighted by atomic mass is 16.3. The van der Waals surface area contributed by atoms with Crippen LogP contribution in [0.4, 0.5) is 29.0 Å². The van der Waals surface area contributed by atoms with E-state index in [2.05, 4.69) is 39.2 Å². The number of aliphatic hydroxyl groups is 1. The summed E-state index contributed by atoms with van der Waals surface area (Å²) in [7, 11) is 0. The normalized spacial score (nSPS) is 32.3. The van der Waals surface area contributed by atoms with Crippen molar-refractivity contribution in [1.29, 1.82) is 0 Å². The summed E-state index contributed by atoms with van der Waals surface area (Å²) < 4.78 is 1.58. The van der Waals surface area contributed by atoms with Crippen LogP contribution in [0.3, 0.4) is 0 Å². The number of amides is 1. The van der Waals surface area contributed by atoms with E-state index in [1.807, 2.05) is 29.2 Å². The molecule has 11 nitrogen and oxygen atoms in total. The second-order valence-electron chi connectivity index (χ2n) is 13.0. The number of carbonyl (C=O) groups is 1. The maximum Gasteiger partial charge on any atom is 0.275 e. The molecule has 5 aliphatic rings. The predicted octanol–water partition coefficient (Wildman–Crippen LogP) is 4.36. The number of anilines is 4.